The zero-order chi connectivity index (χ0) is 17.6. The van der Waals surface area contributed by atoms with Crippen LogP contribution in [0.1, 0.15) is 23.0 Å². The number of nitrogens with one attached hydrogen (secondary N) is 2. The minimum atomic E-state index is -1.30. The highest BCUT2D eigenvalue weighted by Gasteiger charge is 2.51. The number of urea groups is 1. The molecular formula is C18H15N3O4. The maximum atomic E-state index is 12.7. The quantitative estimate of drug-likeness (QED) is 0.564. The number of amides is 3. The highest BCUT2D eigenvalue weighted by Crippen LogP contribution is 2.29. The molecule has 3 aromatic rings. The molecule has 1 saturated heterocycles. The van der Waals surface area contributed by atoms with Gasteiger partial charge in [0.1, 0.15) is 5.76 Å². The number of fused-ring (bicyclic) bond motifs is 1. The van der Waals surface area contributed by atoms with Gasteiger partial charge in [-0.25, -0.2) is 4.79 Å². The third-order valence-electron chi connectivity index (χ3n) is 4.48. The van der Waals surface area contributed by atoms with Crippen LogP contribution in [-0.2, 0) is 10.3 Å². The zero-order valence-electron chi connectivity index (χ0n) is 13.4. The standard InChI is InChI=1S/C18H15N3O4/c1-18(15-7-4-8-25-15)16(23)21(17(24)20-18)10-14(22)12-9-19-13-6-3-2-5-11(12)13/h2-9,19H,10H2,1H3,(H,20,24). The van der Waals surface area contributed by atoms with Gasteiger partial charge in [0.2, 0.25) is 0 Å². The largest absolute Gasteiger partial charge is 0.466 e. The van der Waals surface area contributed by atoms with Crippen LogP contribution < -0.4 is 5.32 Å². The minimum Gasteiger partial charge on any atom is -0.466 e. The molecule has 1 aliphatic heterocycles. The Kier molecular flexibility index (Phi) is 3.24. The van der Waals surface area contributed by atoms with Gasteiger partial charge in [-0.2, -0.15) is 0 Å². The maximum Gasteiger partial charge on any atom is 0.325 e. The van der Waals surface area contributed by atoms with E-state index in [0.717, 1.165) is 15.8 Å². The fraction of sp³-hybridized carbons (Fsp3) is 0.167. The molecule has 7 heteroatoms. The lowest BCUT2D eigenvalue weighted by atomic mass is 9.99. The van der Waals surface area contributed by atoms with Crippen LogP contribution in [0.25, 0.3) is 10.9 Å². The van der Waals surface area contributed by atoms with Crippen molar-refractivity contribution in [3.05, 3.63) is 60.2 Å². The number of carbonyl (C=O) groups excluding carboxylic acids is 3. The lowest BCUT2D eigenvalue weighted by molar-refractivity contribution is -0.131. The number of benzene rings is 1. The first-order chi connectivity index (χ1) is 12.0. The highest BCUT2D eigenvalue weighted by atomic mass is 16.3. The summed E-state index contributed by atoms with van der Waals surface area (Å²) in [6.45, 7) is 1.23. The number of hydrogen-bond donors (Lipinski definition) is 2. The number of para-hydroxylation sites is 1. The van der Waals surface area contributed by atoms with Crippen LogP contribution in [0, 0.1) is 0 Å². The van der Waals surface area contributed by atoms with Crippen molar-refractivity contribution < 1.29 is 18.8 Å². The molecule has 0 spiro atoms. The summed E-state index contributed by atoms with van der Waals surface area (Å²) in [4.78, 5) is 41.6. The van der Waals surface area contributed by atoms with Crippen molar-refractivity contribution in [3.8, 4) is 0 Å². The Morgan fingerprint density at radius 1 is 1.20 bits per heavy atom. The van der Waals surface area contributed by atoms with Gasteiger partial charge in [0.05, 0.1) is 12.8 Å². The van der Waals surface area contributed by atoms with Crippen LogP contribution in [-0.4, -0.2) is 34.2 Å². The molecule has 1 aromatic carbocycles. The van der Waals surface area contributed by atoms with Crippen LogP contribution in [0.3, 0.4) is 0 Å². The van der Waals surface area contributed by atoms with E-state index in [9.17, 15) is 14.4 Å². The summed E-state index contributed by atoms with van der Waals surface area (Å²) < 4.78 is 5.27. The van der Waals surface area contributed by atoms with Crippen molar-refractivity contribution in [3.63, 3.8) is 0 Å². The number of rotatable bonds is 4. The summed E-state index contributed by atoms with van der Waals surface area (Å²) in [5.74, 6) is -0.502. The van der Waals surface area contributed by atoms with Gasteiger partial charge in [0, 0.05) is 22.7 Å². The molecule has 126 valence electrons. The molecular weight excluding hydrogens is 322 g/mol. The molecule has 4 rings (SSSR count). The lowest BCUT2D eigenvalue weighted by Crippen LogP contribution is -2.41. The zero-order valence-corrected chi connectivity index (χ0v) is 13.4. The second-order valence-electron chi connectivity index (χ2n) is 6.09. The van der Waals surface area contributed by atoms with Crippen LogP contribution in [0.4, 0.5) is 4.79 Å². The molecule has 7 nitrogen and oxygen atoms in total. The van der Waals surface area contributed by atoms with Crippen LogP contribution >= 0.6 is 0 Å². The molecule has 1 fully saturated rings. The molecule has 25 heavy (non-hydrogen) atoms. The van der Waals surface area contributed by atoms with Gasteiger partial charge in [-0.1, -0.05) is 18.2 Å². The van der Waals surface area contributed by atoms with Crippen molar-refractivity contribution in [1.29, 1.82) is 0 Å². The number of nitrogens with zero attached hydrogens (tertiary/aromatic N) is 1. The van der Waals surface area contributed by atoms with E-state index in [0.29, 0.717) is 11.3 Å². The number of aromatic amines is 1. The first kappa shape index (κ1) is 15.2. The van der Waals surface area contributed by atoms with Gasteiger partial charge in [-0.05, 0) is 25.1 Å². The maximum absolute atomic E-state index is 12.7. The van der Waals surface area contributed by atoms with Crippen molar-refractivity contribution in [1.82, 2.24) is 15.2 Å². The van der Waals surface area contributed by atoms with E-state index in [2.05, 4.69) is 10.3 Å². The number of Topliss-reactive ketones (excluding diaryl/α,β-unsaturated/α-hetero) is 1. The second-order valence-corrected chi connectivity index (χ2v) is 6.09. The van der Waals surface area contributed by atoms with Gasteiger partial charge >= 0.3 is 6.03 Å². The summed E-state index contributed by atoms with van der Waals surface area (Å²) in [5, 5.41) is 3.36. The highest BCUT2D eigenvalue weighted by molar-refractivity contribution is 6.14. The van der Waals surface area contributed by atoms with E-state index in [4.69, 9.17) is 4.42 Å². The Morgan fingerprint density at radius 3 is 2.76 bits per heavy atom. The summed E-state index contributed by atoms with van der Waals surface area (Å²) >= 11 is 0. The van der Waals surface area contributed by atoms with Gasteiger partial charge < -0.3 is 14.7 Å². The number of ketones is 1. The third-order valence-corrected chi connectivity index (χ3v) is 4.48. The smallest absolute Gasteiger partial charge is 0.325 e. The second kappa shape index (κ2) is 5.34. The molecule has 1 aliphatic rings. The predicted molar refractivity (Wildman–Crippen MR) is 88.9 cm³/mol. The van der Waals surface area contributed by atoms with E-state index in [1.807, 2.05) is 24.3 Å². The van der Waals surface area contributed by atoms with Gasteiger partial charge in [-0.15, -0.1) is 0 Å². The topological polar surface area (TPSA) is 95.4 Å². The summed E-state index contributed by atoms with van der Waals surface area (Å²) in [7, 11) is 0. The van der Waals surface area contributed by atoms with E-state index in [-0.39, 0.29) is 12.3 Å². The molecule has 0 aliphatic carbocycles. The fourth-order valence-corrected chi connectivity index (χ4v) is 3.10. The number of hydrogen-bond acceptors (Lipinski definition) is 4. The van der Waals surface area contributed by atoms with E-state index in [1.165, 1.54) is 6.26 Å². The Morgan fingerprint density at radius 2 is 2.00 bits per heavy atom. The third kappa shape index (κ3) is 2.24. The van der Waals surface area contributed by atoms with E-state index in [1.54, 1.807) is 25.3 Å². The van der Waals surface area contributed by atoms with Crippen molar-refractivity contribution in [2.24, 2.45) is 0 Å². The number of H-pyrrole nitrogens is 1. The number of carbonyl (C=O) groups is 3. The summed E-state index contributed by atoms with van der Waals surface area (Å²) in [6.07, 6.45) is 3.02. The van der Waals surface area contributed by atoms with Gasteiger partial charge in [0.15, 0.2) is 11.3 Å². The first-order valence-corrected chi connectivity index (χ1v) is 7.78. The average molecular weight is 337 g/mol. The Balaban J connectivity index is 1.61. The SMILES string of the molecule is CC1(c2ccco2)NC(=O)N(CC(=O)c2c[nH]c3ccccc23)C1=O. The molecule has 0 saturated carbocycles. The summed E-state index contributed by atoms with van der Waals surface area (Å²) in [6, 6.07) is 10.00. The lowest BCUT2D eigenvalue weighted by Gasteiger charge is -2.18. The Labute approximate surface area is 142 Å². The van der Waals surface area contributed by atoms with Crippen LogP contribution in [0.15, 0.2) is 53.3 Å². The fourth-order valence-electron chi connectivity index (χ4n) is 3.10. The number of imide groups is 1. The predicted octanol–water partition coefficient (Wildman–Crippen LogP) is 2.41. The molecule has 1 atom stereocenters. The van der Waals surface area contributed by atoms with Gasteiger partial charge in [0.25, 0.3) is 5.91 Å². The number of furan rings is 1. The monoisotopic (exact) mass is 337 g/mol. The Bertz CT molecular complexity index is 989. The van der Waals surface area contributed by atoms with E-state index < -0.39 is 17.5 Å². The Hall–Kier alpha value is -3.35. The average Bonchev–Trinajstić information content (AvgIpc) is 3.31. The van der Waals surface area contributed by atoms with Crippen molar-refractivity contribution >= 4 is 28.6 Å². The molecule has 2 N–H and O–H groups in total. The van der Waals surface area contributed by atoms with E-state index >= 15 is 0 Å². The molecule has 2 aromatic heterocycles. The number of aromatic nitrogens is 1. The van der Waals surface area contributed by atoms with Crippen LogP contribution in [0.5, 0.6) is 0 Å². The molecule has 0 bridgehead atoms. The van der Waals surface area contributed by atoms with Gasteiger partial charge in [-0.3, -0.25) is 14.5 Å². The molecule has 1 unspecified atom stereocenters. The summed E-state index contributed by atoms with van der Waals surface area (Å²) in [5.41, 5.74) is -0.0348. The molecule has 3 amide bonds. The minimum absolute atomic E-state index is 0.315. The normalized spacial score (nSPS) is 20.3. The van der Waals surface area contributed by atoms with Crippen molar-refractivity contribution in [2.75, 3.05) is 6.54 Å². The first-order valence-electron chi connectivity index (χ1n) is 7.78. The molecule has 0 radical (unpaired) electrons. The van der Waals surface area contributed by atoms with Crippen molar-refractivity contribution in [2.45, 2.75) is 12.5 Å². The molecule has 3 heterocycles. The van der Waals surface area contributed by atoms with Crippen LogP contribution in [0.2, 0.25) is 0 Å².